The summed E-state index contributed by atoms with van der Waals surface area (Å²) in [5, 5.41) is 22.8. The van der Waals surface area contributed by atoms with Crippen molar-refractivity contribution < 1.29 is 52.8 Å². The van der Waals surface area contributed by atoms with Crippen LogP contribution in [0.2, 0.25) is 0 Å². The van der Waals surface area contributed by atoms with Crippen LogP contribution in [0, 0.1) is 5.92 Å². The van der Waals surface area contributed by atoms with Gasteiger partial charge in [-0.1, -0.05) is 45.4 Å². The summed E-state index contributed by atoms with van der Waals surface area (Å²) >= 11 is 0. The summed E-state index contributed by atoms with van der Waals surface area (Å²) in [5.74, 6) is -3.60. The van der Waals surface area contributed by atoms with Gasteiger partial charge in [0, 0.05) is 31.1 Å². The smallest absolute Gasteiger partial charge is 0.328 e. The molecule has 4 rings (SSSR count). The fourth-order valence-corrected chi connectivity index (χ4v) is 6.27. The first-order chi connectivity index (χ1) is 32.1. The fourth-order valence-electron chi connectivity index (χ4n) is 6.27. The summed E-state index contributed by atoms with van der Waals surface area (Å²) in [6.07, 6.45) is 4.15. The average molecular weight is 933 g/mol. The lowest BCUT2D eigenvalue weighted by molar-refractivity contribution is -0.148. The van der Waals surface area contributed by atoms with E-state index in [-0.39, 0.29) is 81.5 Å². The topological polar surface area (TPSA) is 309 Å². The van der Waals surface area contributed by atoms with Crippen molar-refractivity contribution in [3.8, 4) is 17.5 Å². The third-order valence-corrected chi connectivity index (χ3v) is 9.88. The van der Waals surface area contributed by atoms with Gasteiger partial charge in [-0.2, -0.15) is 9.97 Å². The second-order valence-electron chi connectivity index (χ2n) is 15.3. The third kappa shape index (κ3) is 16.5. The number of ether oxygens (including phenoxy) is 4. The first kappa shape index (κ1) is 52.1. The Hall–Kier alpha value is -7.49. The van der Waals surface area contributed by atoms with Gasteiger partial charge in [-0.3, -0.25) is 28.5 Å². The number of esters is 1. The number of phenols is 1. The molecule has 0 saturated carbocycles. The molecule has 2 heterocycles. The molecule has 67 heavy (non-hydrogen) atoms. The average Bonchev–Trinajstić information content (AvgIpc) is 3.62. The molecule has 0 aliphatic carbocycles. The summed E-state index contributed by atoms with van der Waals surface area (Å²) in [6.45, 7) is 7.77. The highest BCUT2D eigenvalue weighted by Gasteiger charge is 2.30. The van der Waals surface area contributed by atoms with Crippen molar-refractivity contribution in [1.29, 1.82) is 0 Å². The van der Waals surface area contributed by atoms with Gasteiger partial charge >= 0.3 is 17.7 Å². The normalized spacial score (nSPS) is 12.0. The van der Waals surface area contributed by atoms with Crippen LogP contribution in [0.4, 0.5) is 5.82 Å². The molecule has 2 aromatic carbocycles. The van der Waals surface area contributed by atoms with Crippen LogP contribution in [-0.4, -0.2) is 125 Å². The monoisotopic (exact) mass is 932 g/mol. The molecule has 4 aromatic rings. The number of aromatic hydroxyl groups is 1. The summed E-state index contributed by atoms with van der Waals surface area (Å²) in [4.78, 5) is 101. The van der Waals surface area contributed by atoms with E-state index in [1.165, 1.54) is 36.0 Å². The molecular formula is C45H60N10O12. The maximum Gasteiger partial charge on any atom is 0.328 e. The minimum atomic E-state index is -1.20. The van der Waals surface area contributed by atoms with Crippen molar-refractivity contribution in [3.63, 3.8) is 0 Å². The van der Waals surface area contributed by atoms with Crippen LogP contribution in [0.5, 0.6) is 17.5 Å². The van der Waals surface area contributed by atoms with Crippen LogP contribution < -0.4 is 47.5 Å². The number of fused-ring (bicyclic) bond motifs is 1. The third-order valence-electron chi connectivity index (χ3n) is 9.88. The van der Waals surface area contributed by atoms with Crippen LogP contribution in [0.1, 0.15) is 74.9 Å². The highest BCUT2D eigenvalue weighted by atomic mass is 16.5. The Balaban J connectivity index is 1.15. The molecule has 2 aromatic heterocycles. The Morgan fingerprint density at radius 1 is 0.925 bits per heavy atom. The number of carbonyl (C=O) groups excluding carboxylic acids is 6. The van der Waals surface area contributed by atoms with E-state index in [9.17, 15) is 38.7 Å². The maximum absolute atomic E-state index is 13.3. The largest absolute Gasteiger partial charge is 0.504 e. The molecule has 22 heteroatoms. The SMILES string of the molecule is CCCCOc1nc(N)c2[nH]c(=O)n(Cc3ccc(C(=O)NCCOCCNC(=O)CC[C@@H](NC(=O)[C@@H](NC(=O)CNC(=O)/C=C/c4ccc(O)c(OC)c4)C(C)C)C(=O)OCC)cc3)c2n1. The van der Waals surface area contributed by atoms with E-state index in [4.69, 9.17) is 24.7 Å². The number of H-pyrrole nitrogens is 1. The van der Waals surface area contributed by atoms with Gasteiger partial charge in [-0.15, -0.1) is 0 Å². The molecule has 0 aliphatic rings. The number of nitrogens with two attached hydrogens (primary N) is 1. The lowest BCUT2D eigenvalue weighted by Gasteiger charge is -2.25. The predicted octanol–water partition coefficient (Wildman–Crippen LogP) is 1.30. The second kappa shape index (κ2) is 26.5. The molecule has 0 bridgehead atoms. The molecule has 9 N–H and O–H groups in total. The maximum atomic E-state index is 13.3. The summed E-state index contributed by atoms with van der Waals surface area (Å²) < 4.78 is 22.7. The van der Waals surface area contributed by atoms with E-state index in [2.05, 4.69) is 41.5 Å². The van der Waals surface area contributed by atoms with Crippen molar-refractivity contribution in [2.75, 3.05) is 58.9 Å². The van der Waals surface area contributed by atoms with E-state index in [0.29, 0.717) is 28.9 Å². The van der Waals surface area contributed by atoms with Crippen molar-refractivity contribution in [3.05, 3.63) is 75.7 Å². The molecule has 0 unspecified atom stereocenters. The number of hydrogen-bond donors (Lipinski definition) is 8. The first-order valence-corrected chi connectivity index (χ1v) is 21.8. The van der Waals surface area contributed by atoms with Crippen molar-refractivity contribution >= 4 is 58.6 Å². The fraction of sp³-hybridized carbons (Fsp3) is 0.444. The van der Waals surface area contributed by atoms with E-state index < -0.39 is 59.8 Å². The molecule has 0 spiro atoms. The number of phenolic OH excluding ortho intramolecular Hbond substituents is 1. The number of nitrogens with one attached hydrogen (secondary N) is 6. The van der Waals surface area contributed by atoms with Gasteiger partial charge in [0.1, 0.15) is 17.6 Å². The summed E-state index contributed by atoms with van der Waals surface area (Å²) in [7, 11) is 1.39. The standard InChI is InChI=1S/C45H60N10O12/c1-6-8-21-67-44-53-39(46)38-40(54-44)55(45(63)52-38)26-29-9-13-30(14-10-29)41(60)48-20-23-65-22-19-47-34(57)18-15-31(43(62)66-7-2)50-42(61)37(27(3)4)51-36(59)25-49-35(58)17-12-28-11-16-32(56)33(24-28)64-5/h9-14,16-17,24,27,31,37,56H,6-8,15,18-23,25-26H2,1-5H3,(H,47,57)(H,48,60)(H,49,58)(H,50,61)(H,51,59)(H,52,63)(H2,46,53,54)/b17-12+/t31-,37+/m1/s1. The number of amides is 5. The number of unbranched alkanes of at least 4 members (excludes halogenated alkanes) is 1. The van der Waals surface area contributed by atoms with Crippen LogP contribution in [-0.2, 0) is 40.0 Å². The zero-order valence-corrected chi connectivity index (χ0v) is 38.3. The van der Waals surface area contributed by atoms with E-state index in [1.807, 2.05) is 6.92 Å². The number of carbonyl (C=O) groups is 6. The quantitative estimate of drug-likeness (QED) is 0.0238. The number of benzene rings is 2. The molecular weight excluding hydrogens is 873 g/mol. The first-order valence-electron chi connectivity index (χ1n) is 21.8. The Morgan fingerprint density at radius 3 is 2.34 bits per heavy atom. The molecule has 362 valence electrons. The number of nitrogen functional groups attached to an aromatic ring is 1. The lowest BCUT2D eigenvalue weighted by Crippen LogP contribution is -2.55. The zero-order valence-electron chi connectivity index (χ0n) is 38.3. The van der Waals surface area contributed by atoms with Gasteiger partial charge in [0.25, 0.3) is 5.91 Å². The van der Waals surface area contributed by atoms with Gasteiger partial charge < -0.3 is 61.4 Å². The van der Waals surface area contributed by atoms with Crippen molar-refractivity contribution in [2.24, 2.45) is 5.92 Å². The minimum Gasteiger partial charge on any atom is -0.504 e. The lowest BCUT2D eigenvalue weighted by atomic mass is 10.0. The molecule has 0 fully saturated rings. The van der Waals surface area contributed by atoms with E-state index >= 15 is 0 Å². The van der Waals surface area contributed by atoms with E-state index in [1.54, 1.807) is 51.1 Å². The van der Waals surface area contributed by atoms with Gasteiger partial charge in [0.15, 0.2) is 23.0 Å². The van der Waals surface area contributed by atoms with Gasteiger partial charge in [-0.05, 0) is 67.2 Å². The number of hydrogen-bond acceptors (Lipinski definition) is 15. The highest BCUT2D eigenvalue weighted by molar-refractivity contribution is 5.96. The number of aromatic nitrogens is 4. The predicted molar refractivity (Wildman–Crippen MR) is 246 cm³/mol. The Bertz CT molecular complexity index is 2420. The second-order valence-corrected chi connectivity index (χ2v) is 15.3. The Kier molecular flexibility index (Phi) is 20.6. The minimum absolute atomic E-state index is 0.0278. The Morgan fingerprint density at radius 2 is 1.66 bits per heavy atom. The molecule has 0 saturated heterocycles. The molecule has 0 radical (unpaired) electrons. The zero-order chi connectivity index (χ0) is 48.9. The molecule has 0 aliphatic heterocycles. The van der Waals surface area contributed by atoms with Crippen LogP contribution >= 0.6 is 0 Å². The number of methoxy groups -OCH3 is 1. The molecule has 22 nitrogen and oxygen atoms in total. The van der Waals surface area contributed by atoms with Crippen LogP contribution in [0.15, 0.2) is 53.3 Å². The number of anilines is 1. The van der Waals surface area contributed by atoms with E-state index in [0.717, 1.165) is 18.4 Å². The van der Waals surface area contributed by atoms with Gasteiger partial charge in [0.2, 0.25) is 23.6 Å². The summed E-state index contributed by atoms with van der Waals surface area (Å²) in [6, 6.07) is 9.01. The van der Waals surface area contributed by atoms with Crippen molar-refractivity contribution in [1.82, 2.24) is 46.1 Å². The summed E-state index contributed by atoms with van der Waals surface area (Å²) in [5.41, 5.74) is 7.93. The Labute approximate surface area is 386 Å². The number of aromatic amines is 1. The van der Waals surface area contributed by atoms with Crippen LogP contribution in [0.25, 0.3) is 17.2 Å². The molecule has 5 amide bonds. The number of imidazole rings is 1. The number of rotatable bonds is 27. The number of nitrogens with zero attached hydrogens (tertiary/aromatic N) is 3. The van der Waals surface area contributed by atoms with Gasteiger partial charge in [0.05, 0.1) is 46.6 Å². The highest BCUT2D eigenvalue weighted by Crippen LogP contribution is 2.26. The molecule has 2 atom stereocenters. The van der Waals surface area contributed by atoms with Gasteiger partial charge in [-0.25, -0.2) is 9.59 Å². The van der Waals surface area contributed by atoms with Crippen LogP contribution in [0.3, 0.4) is 0 Å². The van der Waals surface area contributed by atoms with Crippen molar-refractivity contribution in [2.45, 2.75) is 72.0 Å².